The van der Waals surface area contributed by atoms with Gasteiger partial charge in [0.1, 0.15) is 0 Å². The van der Waals surface area contributed by atoms with Crippen LogP contribution in [0.1, 0.15) is 26.7 Å². The van der Waals surface area contributed by atoms with E-state index in [9.17, 15) is 0 Å². The Morgan fingerprint density at radius 3 is 2.39 bits per heavy atom. The third kappa shape index (κ3) is 3.05. The van der Waals surface area contributed by atoms with Crippen LogP contribution >= 0.6 is 0 Å². The normalized spacial score (nSPS) is 29.3. The van der Waals surface area contributed by atoms with Crippen LogP contribution in [0.3, 0.4) is 0 Å². The molecule has 2 aliphatic heterocycles. The summed E-state index contributed by atoms with van der Waals surface area (Å²) in [6, 6.07) is 0. The van der Waals surface area contributed by atoms with Crippen molar-refractivity contribution in [3.05, 3.63) is 0 Å². The highest BCUT2D eigenvalue weighted by atomic mass is 16.5. The van der Waals surface area contributed by atoms with E-state index >= 15 is 0 Å². The Morgan fingerprint density at radius 2 is 1.83 bits per heavy atom. The molecular formula is C14H29N3O. The fourth-order valence-corrected chi connectivity index (χ4v) is 3.18. The first-order chi connectivity index (χ1) is 8.47. The van der Waals surface area contributed by atoms with Crippen LogP contribution in [0.5, 0.6) is 0 Å². The molecule has 0 aromatic rings. The molecule has 2 N–H and O–H groups in total. The van der Waals surface area contributed by atoms with Crippen LogP contribution in [0.4, 0.5) is 0 Å². The molecule has 106 valence electrons. The smallest absolute Gasteiger partial charge is 0.0472 e. The van der Waals surface area contributed by atoms with Gasteiger partial charge in [0.15, 0.2) is 0 Å². The van der Waals surface area contributed by atoms with Crippen LogP contribution in [0.25, 0.3) is 0 Å². The largest absolute Gasteiger partial charge is 0.381 e. The number of nitrogens with two attached hydrogens (primary N) is 1. The van der Waals surface area contributed by atoms with Crippen LogP contribution in [0, 0.1) is 5.41 Å². The average Bonchev–Trinajstić information content (AvgIpc) is 2.35. The van der Waals surface area contributed by atoms with Gasteiger partial charge in [-0.25, -0.2) is 0 Å². The standard InChI is InChI=1S/C14H29N3O/c1-13(2)11-17(7-6-16(13)3)12-14(10-15)4-8-18-9-5-14/h4-12,15H2,1-3H3. The van der Waals surface area contributed by atoms with Crippen molar-refractivity contribution in [2.24, 2.45) is 11.1 Å². The molecule has 18 heavy (non-hydrogen) atoms. The zero-order valence-corrected chi connectivity index (χ0v) is 12.2. The topological polar surface area (TPSA) is 41.7 Å². The van der Waals surface area contributed by atoms with Crippen molar-refractivity contribution in [1.82, 2.24) is 9.80 Å². The Kier molecular flexibility index (Phi) is 4.32. The third-order valence-electron chi connectivity index (χ3n) is 4.94. The summed E-state index contributed by atoms with van der Waals surface area (Å²) in [5, 5.41) is 0. The van der Waals surface area contributed by atoms with Gasteiger partial charge < -0.3 is 10.5 Å². The van der Waals surface area contributed by atoms with Crippen LogP contribution in [-0.2, 0) is 4.74 Å². The molecule has 0 bridgehead atoms. The predicted octanol–water partition coefficient (Wildman–Crippen LogP) is 0.768. The molecule has 4 nitrogen and oxygen atoms in total. The van der Waals surface area contributed by atoms with Crippen molar-refractivity contribution in [3.8, 4) is 0 Å². The molecule has 0 spiro atoms. The summed E-state index contributed by atoms with van der Waals surface area (Å²) < 4.78 is 5.49. The van der Waals surface area contributed by atoms with Gasteiger partial charge in [0.2, 0.25) is 0 Å². The fraction of sp³-hybridized carbons (Fsp3) is 1.00. The lowest BCUT2D eigenvalue weighted by molar-refractivity contribution is -0.0269. The van der Waals surface area contributed by atoms with E-state index in [4.69, 9.17) is 10.5 Å². The molecule has 0 radical (unpaired) electrons. The lowest BCUT2D eigenvalue weighted by Crippen LogP contribution is -2.60. The average molecular weight is 255 g/mol. The Hall–Kier alpha value is -0.160. The van der Waals surface area contributed by atoms with E-state index in [-0.39, 0.29) is 5.54 Å². The van der Waals surface area contributed by atoms with Gasteiger partial charge in [-0.2, -0.15) is 0 Å². The molecule has 0 aromatic heterocycles. The molecule has 0 aliphatic carbocycles. The van der Waals surface area contributed by atoms with E-state index in [1.807, 2.05) is 0 Å². The molecule has 2 saturated heterocycles. The highest BCUT2D eigenvalue weighted by Crippen LogP contribution is 2.32. The highest BCUT2D eigenvalue weighted by Gasteiger charge is 2.37. The van der Waals surface area contributed by atoms with Gasteiger partial charge in [0, 0.05) is 44.9 Å². The minimum absolute atomic E-state index is 0.277. The summed E-state index contributed by atoms with van der Waals surface area (Å²) in [5.74, 6) is 0. The van der Waals surface area contributed by atoms with Crippen molar-refractivity contribution < 1.29 is 4.74 Å². The maximum Gasteiger partial charge on any atom is 0.0472 e. The third-order valence-corrected chi connectivity index (χ3v) is 4.94. The molecule has 2 aliphatic rings. The highest BCUT2D eigenvalue weighted by molar-refractivity contribution is 4.93. The quantitative estimate of drug-likeness (QED) is 0.809. The minimum atomic E-state index is 0.277. The van der Waals surface area contributed by atoms with E-state index in [0.29, 0.717) is 5.41 Å². The van der Waals surface area contributed by atoms with Gasteiger partial charge in [-0.1, -0.05) is 0 Å². The number of likely N-dealkylation sites (N-methyl/N-ethyl adjacent to an activating group) is 1. The number of hydrogen-bond acceptors (Lipinski definition) is 4. The number of hydrogen-bond donors (Lipinski definition) is 1. The second-order valence-corrected chi connectivity index (χ2v) is 6.76. The molecule has 0 amide bonds. The zero-order chi connectivity index (χ0) is 13.2. The molecule has 0 unspecified atom stereocenters. The molecular weight excluding hydrogens is 226 g/mol. The van der Waals surface area contributed by atoms with E-state index in [0.717, 1.165) is 52.2 Å². The van der Waals surface area contributed by atoms with Gasteiger partial charge in [0.25, 0.3) is 0 Å². The number of rotatable bonds is 3. The number of ether oxygens (including phenoxy) is 1. The van der Waals surface area contributed by atoms with Crippen LogP contribution in [0.15, 0.2) is 0 Å². The Bertz CT molecular complexity index is 274. The first-order valence-electron chi connectivity index (χ1n) is 7.19. The molecule has 0 atom stereocenters. The number of nitrogens with zero attached hydrogens (tertiary/aromatic N) is 2. The SMILES string of the molecule is CN1CCN(CC2(CN)CCOCC2)CC1(C)C. The molecule has 4 heteroatoms. The molecule has 2 rings (SSSR count). The first-order valence-corrected chi connectivity index (χ1v) is 7.19. The van der Waals surface area contributed by atoms with Gasteiger partial charge in [-0.15, -0.1) is 0 Å². The van der Waals surface area contributed by atoms with E-state index < -0.39 is 0 Å². The van der Waals surface area contributed by atoms with Crippen LogP contribution in [-0.4, -0.2) is 68.3 Å². The maximum absolute atomic E-state index is 6.06. The van der Waals surface area contributed by atoms with Crippen molar-refractivity contribution in [1.29, 1.82) is 0 Å². The van der Waals surface area contributed by atoms with Crippen molar-refractivity contribution in [2.45, 2.75) is 32.2 Å². The van der Waals surface area contributed by atoms with Gasteiger partial charge in [-0.3, -0.25) is 9.80 Å². The monoisotopic (exact) mass is 255 g/mol. The molecule has 0 saturated carbocycles. The predicted molar refractivity (Wildman–Crippen MR) is 74.7 cm³/mol. The fourth-order valence-electron chi connectivity index (χ4n) is 3.18. The minimum Gasteiger partial charge on any atom is -0.381 e. The lowest BCUT2D eigenvalue weighted by atomic mass is 9.79. The second-order valence-electron chi connectivity index (χ2n) is 6.76. The van der Waals surface area contributed by atoms with E-state index in [1.165, 1.54) is 6.54 Å². The Labute approximate surface area is 111 Å². The lowest BCUT2D eigenvalue weighted by Gasteiger charge is -2.49. The van der Waals surface area contributed by atoms with Gasteiger partial charge in [0.05, 0.1) is 0 Å². The Balaban J connectivity index is 1.96. The van der Waals surface area contributed by atoms with E-state index in [2.05, 4.69) is 30.7 Å². The molecule has 2 fully saturated rings. The van der Waals surface area contributed by atoms with Gasteiger partial charge >= 0.3 is 0 Å². The van der Waals surface area contributed by atoms with Gasteiger partial charge in [-0.05, 0) is 45.7 Å². The second kappa shape index (κ2) is 5.45. The zero-order valence-electron chi connectivity index (χ0n) is 12.2. The summed E-state index contributed by atoms with van der Waals surface area (Å²) in [7, 11) is 2.23. The van der Waals surface area contributed by atoms with Crippen molar-refractivity contribution >= 4 is 0 Å². The van der Waals surface area contributed by atoms with E-state index in [1.54, 1.807) is 0 Å². The summed E-state index contributed by atoms with van der Waals surface area (Å²) in [4.78, 5) is 5.07. The molecule has 0 aromatic carbocycles. The molecule has 2 heterocycles. The Morgan fingerprint density at radius 1 is 1.17 bits per heavy atom. The van der Waals surface area contributed by atoms with Crippen molar-refractivity contribution in [2.75, 3.05) is 53.0 Å². The van der Waals surface area contributed by atoms with Crippen LogP contribution in [0.2, 0.25) is 0 Å². The first kappa shape index (κ1) is 14.3. The van der Waals surface area contributed by atoms with Crippen LogP contribution < -0.4 is 5.73 Å². The summed E-state index contributed by atoms with van der Waals surface area (Å²) in [5.41, 5.74) is 6.63. The number of piperazine rings is 1. The maximum atomic E-state index is 6.06. The van der Waals surface area contributed by atoms with Crippen molar-refractivity contribution in [3.63, 3.8) is 0 Å². The summed E-state index contributed by atoms with van der Waals surface area (Å²) in [6.07, 6.45) is 2.24. The summed E-state index contributed by atoms with van der Waals surface area (Å²) >= 11 is 0. The summed E-state index contributed by atoms with van der Waals surface area (Å²) in [6.45, 7) is 11.8.